The van der Waals surface area contributed by atoms with Crippen LogP contribution in [0.2, 0.25) is 0 Å². The molecule has 2 N–H and O–H groups in total. The molecular weight excluding hydrogens is 365 g/mol. The minimum Gasteiger partial charge on any atom is -0.454 e. The zero-order valence-electron chi connectivity index (χ0n) is 15.7. The van der Waals surface area contributed by atoms with Gasteiger partial charge in [0.05, 0.1) is 6.04 Å². The third kappa shape index (κ3) is 4.77. The van der Waals surface area contributed by atoms with E-state index in [0.29, 0.717) is 11.5 Å². The predicted molar refractivity (Wildman–Crippen MR) is 100 cm³/mol. The highest BCUT2D eigenvalue weighted by atomic mass is 19.1. The molecule has 1 aliphatic heterocycles. The van der Waals surface area contributed by atoms with Gasteiger partial charge in [0.2, 0.25) is 6.79 Å². The highest BCUT2D eigenvalue weighted by Gasteiger charge is 2.19. The van der Waals surface area contributed by atoms with Crippen LogP contribution in [-0.2, 0) is 16.1 Å². The third-order valence-corrected chi connectivity index (χ3v) is 4.43. The average molecular weight is 387 g/mol. The summed E-state index contributed by atoms with van der Waals surface area (Å²) in [6.07, 6.45) is 0. The molecule has 0 aromatic heterocycles. The zero-order chi connectivity index (χ0) is 20.1. The van der Waals surface area contributed by atoms with Crippen molar-refractivity contribution < 1.29 is 23.5 Å². The highest BCUT2D eigenvalue weighted by Crippen LogP contribution is 2.32. The molecule has 0 spiro atoms. The number of nitrogens with zero attached hydrogens (tertiary/aromatic N) is 1. The van der Waals surface area contributed by atoms with Crippen molar-refractivity contribution in [2.75, 3.05) is 27.4 Å². The van der Waals surface area contributed by atoms with E-state index in [1.807, 2.05) is 19.0 Å². The summed E-state index contributed by atoms with van der Waals surface area (Å²) >= 11 is 0. The van der Waals surface area contributed by atoms with Crippen molar-refractivity contribution in [3.05, 3.63) is 59.4 Å². The molecule has 0 bridgehead atoms. The smallest absolute Gasteiger partial charge is 0.309 e. The van der Waals surface area contributed by atoms with E-state index in [2.05, 4.69) is 10.6 Å². The van der Waals surface area contributed by atoms with Gasteiger partial charge in [-0.1, -0.05) is 18.2 Å². The van der Waals surface area contributed by atoms with Crippen molar-refractivity contribution in [3.8, 4) is 11.5 Å². The molecular formula is C20H22FN3O4. The van der Waals surface area contributed by atoms with E-state index >= 15 is 0 Å². The average Bonchev–Trinajstić information content (AvgIpc) is 3.15. The van der Waals surface area contributed by atoms with Crippen molar-refractivity contribution in [2.24, 2.45) is 0 Å². The van der Waals surface area contributed by atoms with Gasteiger partial charge in [-0.05, 0) is 49.5 Å². The summed E-state index contributed by atoms with van der Waals surface area (Å²) in [7, 11) is 3.69. The van der Waals surface area contributed by atoms with Gasteiger partial charge < -0.3 is 25.0 Å². The molecule has 2 amide bonds. The number of amides is 2. The number of benzene rings is 2. The number of halogens is 1. The van der Waals surface area contributed by atoms with E-state index < -0.39 is 11.8 Å². The second-order valence-corrected chi connectivity index (χ2v) is 6.61. The maximum absolute atomic E-state index is 13.1. The summed E-state index contributed by atoms with van der Waals surface area (Å²) in [5, 5.41) is 5.20. The van der Waals surface area contributed by atoms with Crippen molar-refractivity contribution in [1.82, 2.24) is 15.5 Å². The largest absolute Gasteiger partial charge is 0.454 e. The number of carbonyl (C=O) groups excluding carboxylic acids is 2. The summed E-state index contributed by atoms with van der Waals surface area (Å²) in [5.74, 6) is -0.509. The standard InChI is InChI=1S/C20H22FN3O4/c1-24(2)16(14-4-6-15(21)7-5-14)11-23-20(26)19(25)22-10-13-3-8-17-18(9-13)28-12-27-17/h3-9,16H,10-12H2,1-2H3,(H,22,25)(H,23,26). The van der Waals surface area contributed by atoms with Crippen LogP contribution in [0.15, 0.2) is 42.5 Å². The lowest BCUT2D eigenvalue weighted by Gasteiger charge is -2.25. The third-order valence-electron chi connectivity index (χ3n) is 4.43. The fourth-order valence-corrected chi connectivity index (χ4v) is 2.87. The highest BCUT2D eigenvalue weighted by molar-refractivity contribution is 6.35. The van der Waals surface area contributed by atoms with Crippen LogP contribution in [0.25, 0.3) is 0 Å². The van der Waals surface area contributed by atoms with Crippen LogP contribution in [0.4, 0.5) is 4.39 Å². The predicted octanol–water partition coefficient (Wildman–Crippen LogP) is 1.59. The van der Waals surface area contributed by atoms with Crippen LogP contribution in [0.1, 0.15) is 17.2 Å². The Morgan fingerprint density at radius 2 is 1.71 bits per heavy atom. The van der Waals surface area contributed by atoms with Crippen LogP contribution < -0.4 is 20.1 Å². The van der Waals surface area contributed by atoms with Gasteiger partial charge in [-0.15, -0.1) is 0 Å². The Morgan fingerprint density at radius 1 is 1.04 bits per heavy atom. The van der Waals surface area contributed by atoms with Gasteiger partial charge in [-0.2, -0.15) is 0 Å². The molecule has 148 valence electrons. The number of rotatable bonds is 6. The Morgan fingerprint density at radius 3 is 2.43 bits per heavy atom. The fraction of sp³-hybridized carbons (Fsp3) is 0.300. The summed E-state index contributed by atoms with van der Waals surface area (Å²) in [6, 6.07) is 11.2. The number of ether oxygens (including phenoxy) is 2. The topological polar surface area (TPSA) is 79.9 Å². The number of likely N-dealkylation sites (N-methyl/N-ethyl adjacent to an activating group) is 1. The minimum absolute atomic E-state index is 0.175. The molecule has 0 saturated heterocycles. The van der Waals surface area contributed by atoms with E-state index in [1.54, 1.807) is 30.3 Å². The maximum Gasteiger partial charge on any atom is 0.309 e. The number of carbonyl (C=O) groups is 2. The molecule has 0 saturated carbocycles. The second-order valence-electron chi connectivity index (χ2n) is 6.61. The van der Waals surface area contributed by atoms with Gasteiger partial charge in [0.1, 0.15) is 5.82 Å². The van der Waals surface area contributed by atoms with E-state index in [-0.39, 0.29) is 31.7 Å². The lowest BCUT2D eigenvalue weighted by atomic mass is 10.1. The first kappa shape index (κ1) is 19.6. The molecule has 1 unspecified atom stereocenters. The first-order valence-corrected chi connectivity index (χ1v) is 8.80. The number of nitrogens with one attached hydrogen (secondary N) is 2. The summed E-state index contributed by atoms with van der Waals surface area (Å²) in [5.41, 5.74) is 1.63. The van der Waals surface area contributed by atoms with Crippen LogP contribution in [0.5, 0.6) is 11.5 Å². The van der Waals surface area contributed by atoms with E-state index in [9.17, 15) is 14.0 Å². The number of fused-ring (bicyclic) bond motifs is 1. The summed E-state index contributed by atoms with van der Waals surface area (Å²) in [4.78, 5) is 26.1. The molecule has 0 radical (unpaired) electrons. The van der Waals surface area contributed by atoms with Gasteiger partial charge in [0, 0.05) is 13.1 Å². The molecule has 1 heterocycles. The van der Waals surface area contributed by atoms with Gasteiger partial charge in [-0.25, -0.2) is 4.39 Å². The van der Waals surface area contributed by atoms with Gasteiger partial charge in [0.15, 0.2) is 11.5 Å². The molecule has 1 atom stereocenters. The van der Waals surface area contributed by atoms with Crippen LogP contribution >= 0.6 is 0 Å². The molecule has 0 fully saturated rings. The SMILES string of the molecule is CN(C)C(CNC(=O)C(=O)NCc1ccc2c(c1)OCO2)c1ccc(F)cc1. The minimum atomic E-state index is -0.728. The Hall–Kier alpha value is -3.13. The Balaban J connectivity index is 1.51. The van der Waals surface area contributed by atoms with Gasteiger partial charge in [0.25, 0.3) is 0 Å². The van der Waals surface area contributed by atoms with Crippen molar-refractivity contribution in [2.45, 2.75) is 12.6 Å². The molecule has 1 aliphatic rings. The number of hydrogen-bond acceptors (Lipinski definition) is 5. The monoisotopic (exact) mass is 387 g/mol. The van der Waals surface area contributed by atoms with Crippen LogP contribution in [0, 0.1) is 5.82 Å². The first-order chi connectivity index (χ1) is 13.4. The Kier molecular flexibility index (Phi) is 6.10. The molecule has 28 heavy (non-hydrogen) atoms. The molecule has 7 nitrogen and oxygen atoms in total. The summed E-state index contributed by atoms with van der Waals surface area (Å²) < 4.78 is 23.6. The van der Waals surface area contributed by atoms with E-state index in [4.69, 9.17) is 9.47 Å². The quantitative estimate of drug-likeness (QED) is 0.736. The number of hydrogen-bond donors (Lipinski definition) is 2. The summed E-state index contributed by atoms with van der Waals surface area (Å²) in [6.45, 7) is 0.585. The van der Waals surface area contributed by atoms with E-state index in [0.717, 1.165) is 11.1 Å². The molecule has 2 aromatic rings. The van der Waals surface area contributed by atoms with Crippen LogP contribution in [-0.4, -0.2) is 44.1 Å². The first-order valence-electron chi connectivity index (χ1n) is 8.80. The van der Waals surface area contributed by atoms with Crippen molar-refractivity contribution in [3.63, 3.8) is 0 Å². The van der Waals surface area contributed by atoms with Gasteiger partial charge >= 0.3 is 11.8 Å². The maximum atomic E-state index is 13.1. The van der Waals surface area contributed by atoms with Gasteiger partial charge in [-0.3, -0.25) is 9.59 Å². The second kappa shape index (κ2) is 8.71. The zero-order valence-corrected chi connectivity index (χ0v) is 15.7. The fourth-order valence-electron chi connectivity index (χ4n) is 2.87. The van der Waals surface area contributed by atoms with Crippen LogP contribution in [0.3, 0.4) is 0 Å². The normalized spacial score (nSPS) is 13.3. The molecule has 0 aliphatic carbocycles. The lowest BCUT2D eigenvalue weighted by molar-refractivity contribution is -0.139. The van der Waals surface area contributed by atoms with Crippen molar-refractivity contribution in [1.29, 1.82) is 0 Å². The lowest BCUT2D eigenvalue weighted by Crippen LogP contribution is -2.42. The molecule has 3 rings (SSSR count). The Bertz CT molecular complexity index is 855. The van der Waals surface area contributed by atoms with E-state index in [1.165, 1.54) is 12.1 Å². The molecule has 2 aromatic carbocycles. The van der Waals surface area contributed by atoms with Crippen molar-refractivity contribution >= 4 is 11.8 Å². The Labute approximate surface area is 162 Å². The molecule has 8 heteroatoms.